The quantitative estimate of drug-likeness (QED) is 0.672. The zero-order chi connectivity index (χ0) is 22.2. The Labute approximate surface area is 191 Å². The lowest BCUT2D eigenvalue weighted by Gasteiger charge is -2.28. The number of hydrogen-bond acceptors (Lipinski definition) is 5. The summed E-state index contributed by atoms with van der Waals surface area (Å²) >= 11 is 0. The number of hydrogen-bond donors (Lipinski definition) is 1. The molecule has 3 fully saturated rings. The van der Waals surface area contributed by atoms with E-state index < -0.39 is 0 Å². The van der Waals surface area contributed by atoms with Gasteiger partial charge in [-0.25, -0.2) is 14.4 Å². The van der Waals surface area contributed by atoms with Gasteiger partial charge in [0.2, 0.25) is 5.95 Å². The molecule has 3 aliphatic heterocycles. The van der Waals surface area contributed by atoms with Crippen molar-refractivity contribution < 1.29 is 9.18 Å². The Morgan fingerprint density at radius 1 is 1.12 bits per heavy atom. The fourth-order valence-electron chi connectivity index (χ4n) is 5.84. The molecule has 1 aromatic heterocycles. The van der Waals surface area contributed by atoms with E-state index in [4.69, 9.17) is 0 Å². The van der Waals surface area contributed by atoms with E-state index in [9.17, 15) is 9.18 Å². The maximum Gasteiger partial charge on any atom is 0.254 e. The highest BCUT2D eigenvalue weighted by molar-refractivity contribution is 5.96. The average Bonchev–Trinajstić information content (AvgIpc) is 3.16. The molecule has 0 radical (unpaired) electrons. The molecule has 4 heterocycles. The Balaban J connectivity index is 1.22. The number of carbonyl (C=O) groups is 1. The van der Waals surface area contributed by atoms with Gasteiger partial charge < -0.3 is 15.1 Å². The van der Waals surface area contributed by atoms with Crippen molar-refractivity contribution in [2.75, 3.05) is 24.5 Å². The first-order valence-electron chi connectivity index (χ1n) is 11.6. The summed E-state index contributed by atoms with van der Waals surface area (Å²) < 4.78 is 14.2. The summed E-state index contributed by atoms with van der Waals surface area (Å²) in [5.41, 5.74) is 4.32. The molecule has 1 N–H and O–H groups in total. The van der Waals surface area contributed by atoms with Crippen molar-refractivity contribution in [2.45, 2.75) is 36.8 Å². The fraction of sp³-hybridized carbons (Fsp3) is 0.346. The van der Waals surface area contributed by atoms with Crippen molar-refractivity contribution in [1.82, 2.24) is 20.2 Å². The first-order valence-corrected chi connectivity index (χ1v) is 11.6. The molecule has 7 rings (SSSR count). The van der Waals surface area contributed by atoms with E-state index in [1.54, 1.807) is 30.6 Å². The summed E-state index contributed by atoms with van der Waals surface area (Å²) in [6.45, 7) is 2.49. The molecule has 2 bridgehead atoms. The van der Waals surface area contributed by atoms with Gasteiger partial charge >= 0.3 is 0 Å². The molecule has 2 saturated heterocycles. The largest absolute Gasteiger partial charge is 0.333 e. The highest BCUT2D eigenvalue weighted by Crippen LogP contribution is 2.57. The van der Waals surface area contributed by atoms with Crippen LogP contribution in [0.3, 0.4) is 0 Å². The van der Waals surface area contributed by atoms with Gasteiger partial charge in [-0.15, -0.1) is 0 Å². The van der Waals surface area contributed by atoms with Crippen molar-refractivity contribution in [3.05, 3.63) is 71.8 Å². The monoisotopic (exact) mass is 441 g/mol. The van der Waals surface area contributed by atoms with Gasteiger partial charge in [0.1, 0.15) is 5.82 Å². The number of rotatable bonds is 3. The lowest BCUT2D eigenvalue weighted by molar-refractivity contribution is 0.0716. The molecule has 2 atom stereocenters. The van der Waals surface area contributed by atoms with Crippen LogP contribution in [-0.2, 0) is 5.41 Å². The molecule has 33 heavy (non-hydrogen) atoms. The standard InChI is InChI=1S/C26H24FN5O/c27-22-4-2-1-3-20(22)17-11-29-25(30-12-17)32-15-26(7-8-26)21-6-5-16(9-23(21)32)24(33)31-14-18-10-19(31)13-28-18/h1-6,9,11-12,18-19,28H,7-8,10,13-15H2. The van der Waals surface area contributed by atoms with Crippen LogP contribution in [0.15, 0.2) is 54.9 Å². The van der Waals surface area contributed by atoms with E-state index in [1.807, 2.05) is 17.0 Å². The number of piperazine rings is 1. The van der Waals surface area contributed by atoms with Gasteiger partial charge in [-0.3, -0.25) is 4.79 Å². The number of likely N-dealkylation sites (tertiary alicyclic amines) is 1. The molecule has 6 nitrogen and oxygen atoms in total. The normalized spacial score (nSPS) is 23.9. The second kappa shape index (κ2) is 6.84. The Morgan fingerprint density at radius 3 is 2.64 bits per heavy atom. The number of fused-ring (bicyclic) bond motifs is 4. The van der Waals surface area contributed by atoms with Gasteiger partial charge in [-0.1, -0.05) is 24.3 Å². The van der Waals surface area contributed by atoms with E-state index >= 15 is 0 Å². The third-order valence-electron chi connectivity index (χ3n) is 7.80. The van der Waals surface area contributed by atoms with Crippen LogP contribution >= 0.6 is 0 Å². The lowest BCUT2D eigenvalue weighted by atomic mass is 9.97. The Morgan fingerprint density at radius 2 is 1.94 bits per heavy atom. The molecule has 1 saturated carbocycles. The molecule has 166 valence electrons. The van der Waals surface area contributed by atoms with E-state index in [0.29, 0.717) is 29.2 Å². The van der Waals surface area contributed by atoms with Crippen LogP contribution < -0.4 is 10.2 Å². The number of nitrogens with one attached hydrogen (secondary N) is 1. The van der Waals surface area contributed by atoms with Crippen LogP contribution in [0.5, 0.6) is 0 Å². The lowest BCUT2D eigenvalue weighted by Crippen LogP contribution is -2.46. The van der Waals surface area contributed by atoms with Crippen LogP contribution in [0.2, 0.25) is 0 Å². The predicted molar refractivity (Wildman–Crippen MR) is 123 cm³/mol. The minimum atomic E-state index is -0.286. The van der Waals surface area contributed by atoms with Crippen LogP contribution in [0.4, 0.5) is 16.0 Å². The Kier molecular flexibility index (Phi) is 3.97. The minimum Gasteiger partial charge on any atom is -0.333 e. The van der Waals surface area contributed by atoms with Crippen molar-refractivity contribution >= 4 is 17.5 Å². The topological polar surface area (TPSA) is 61.4 Å². The molecule has 2 aromatic carbocycles. The minimum absolute atomic E-state index is 0.110. The first kappa shape index (κ1) is 19.2. The van der Waals surface area contributed by atoms with Crippen LogP contribution in [0.1, 0.15) is 35.2 Å². The molecular weight excluding hydrogens is 417 g/mol. The molecule has 7 heteroatoms. The molecule has 4 aliphatic rings. The number of benzene rings is 2. The van der Waals surface area contributed by atoms with Crippen molar-refractivity contribution in [3.63, 3.8) is 0 Å². The molecule has 1 spiro atoms. The van der Waals surface area contributed by atoms with Crippen molar-refractivity contribution in [1.29, 1.82) is 0 Å². The summed E-state index contributed by atoms with van der Waals surface area (Å²) in [6.07, 6.45) is 6.69. The summed E-state index contributed by atoms with van der Waals surface area (Å²) in [6, 6.07) is 13.5. The number of halogens is 1. The van der Waals surface area contributed by atoms with Crippen molar-refractivity contribution in [3.8, 4) is 11.1 Å². The Bertz CT molecular complexity index is 1270. The van der Waals surface area contributed by atoms with Crippen LogP contribution in [0.25, 0.3) is 11.1 Å². The van der Waals surface area contributed by atoms with Gasteiger partial charge in [0.05, 0.1) is 0 Å². The fourth-order valence-corrected chi connectivity index (χ4v) is 5.84. The second-order valence-electron chi connectivity index (χ2n) is 9.80. The van der Waals surface area contributed by atoms with Crippen LogP contribution in [0, 0.1) is 5.82 Å². The van der Waals surface area contributed by atoms with Gasteiger partial charge in [-0.2, -0.15) is 0 Å². The number of nitrogens with zero attached hydrogens (tertiary/aromatic N) is 4. The van der Waals surface area contributed by atoms with Crippen molar-refractivity contribution in [2.24, 2.45) is 0 Å². The summed E-state index contributed by atoms with van der Waals surface area (Å²) in [7, 11) is 0. The SMILES string of the molecule is O=C(c1ccc2c(c1)N(c1ncc(-c3ccccc3F)cn1)CC21CC1)N1CC2CC1CN2. The van der Waals surface area contributed by atoms with E-state index in [1.165, 1.54) is 11.6 Å². The summed E-state index contributed by atoms with van der Waals surface area (Å²) in [5, 5.41) is 3.46. The van der Waals surface area contributed by atoms with Crippen LogP contribution in [-0.4, -0.2) is 52.5 Å². The van der Waals surface area contributed by atoms with E-state index in [2.05, 4.69) is 26.3 Å². The molecule has 3 aromatic rings. The maximum atomic E-state index is 14.2. The zero-order valence-corrected chi connectivity index (χ0v) is 18.2. The zero-order valence-electron chi connectivity index (χ0n) is 18.2. The summed E-state index contributed by atoms with van der Waals surface area (Å²) in [5.74, 6) is 0.416. The average molecular weight is 442 g/mol. The highest BCUT2D eigenvalue weighted by Gasteiger charge is 2.52. The second-order valence-corrected chi connectivity index (χ2v) is 9.80. The van der Waals surface area contributed by atoms with Gasteiger partial charge in [0, 0.05) is 71.9 Å². The Hall–Kier alpha value is -3.32. The smallest absolute Gasteiger partial charge is 0.254 e. The number of aromatic nitrogens is 2. The summed E-state index contributed by atoms with van der Waals surface area (Å²) in [4.78, 5) is 26.6. The first-order chi connectivity index (χ1) is 16.1. The highest BCUT2D eigenvalue weighted by atomic mass is 19.1. The third-order valence-corrected chi connectivity index (χ3v) is 7.80. The van der Waals surface area contributed by atoms with E-state index in [-0.39, 0.29) is 17.1 Å². The maximum absolute atomic E-state index is 14.2. The van der Waals surface area contributed by atoms with Gasteiger partial charge in [0.25, 0.3) is 5.91 Å². The molecule has 1 amide bonds. The van der Waals surface area contributed by atoms with Gasteiger partial charge in [0.15, 0.2) is 0 Å². The molecule has 1 aliphatic carbocycles. The van der Waals surface area contributed by atoms with Gasteiger partial charge in [-0.05, 0) is 43.0 Å². The predicted octanol–water partition coefficient (Wildman–Crippen LogP) is 3.65. The number of carbonyl (C=O) groups excluding carboxylic acids is 1. The van der Waals surface area contributed by atoms with E-state index in [0.717, 1.165) is 50.1 Å². The molecular formula is C26H24FN5O. The third kappa shape index (κ3) is 2.92. The number of amides is 1. The molecule has 2 unspecified atom stereocenters. The number of anilines is 2.